The first-order valence-electron chi connectivity index (χ1n) is 5.50. The highest BCUT2D eigenvalue weighted by Gasteiger charge is 2.21. The van der Waals surface area contributed by atoms with E-state index in [2.05, 4.69) is 5.32 Å². The van der Waals surface area contributed by atoms with E-state index in [-0.39, 0.29) is 24.3 Å². The number of phenolic OH excluding ortho intramolecular Hbond substituents is 1. The molecule has 6 nitrogen and oxygen atoms in total. The molecule has 1 aromatic rings. The van der Waals surface area contributed by atoms with Crippen molar-refractivity contribution in [2.75, 3.05) is 13.6 Å². The number of rotatable bonds is 6. The molecule has 0 aliphatic rings. The zero-order valence-electron chi connectivity index (χ0n) is 10.00. The summed E-state index contributed by atoms with van der Waals surface area (Å²) < 4.78 is 0. The summed E-state index contributed by atoms with van der Waals surface area (Å²) >= 11 is 0. The van der Waals surface area contributed by atoms with Crippen molar-refractivity contribution in [1.29, 1.82) is 0 Å². The van der Waals surface area contributed by atoms with Gasteiger partial charge >= 0.3 is 5.97 Å². The number of aromatic hydroxyl groups is 1. The highest BCUT2D eigenvalue weighted by Crippen LogP contribution is 2.27. The van der Waals surface area contributed by atoms with Gasteiger partial charge in [-0.15, -0.1) is 0 Å². The molecule has 6 heteroatoms. The molecule has 1 rings (SSSR count). The first-order valence-corrected chi connectivity index (χ1v) is 5.50. The van der Waals surface area contributed by atoms with Crippen molar-refractivity contribution in [1.82, 2.24) is 5.32 Å². The first kappa shape index (κ1) is 14.4. The van der Waals surface area contributed by atoms with Gasteiger partial charge in [-0.25, -0.2) is 0 Å². The van der Waals surface area contributed by atoms with Crippen LogP contribution >= 0.6 is 0 Å². The molecular formula is C12H17NO5. The second kappa shape index (κ2) is 6.34. The Balaban J connectivity index is 2.95. The molecule has 0 saturated carbocycles. The number of nitrogens with one attached hydrogen (secondary N) is 1. The summed E-state index contributed by atoms with van der Waals surface area (Å²) in [4.78, 5) is 10.6. The van der Waals surface area contributed by atoms with Crippen LogP contribution in [0.5, 0.6) is 5.75 Å². The van der Waals surface area contributed by atoms with E-state index in [4.69, 9.17) is 5.11 Å². The summed E-state index contributed by atoms with van der Waals surface area (Å²) in [5.41, 5.74) is 0.572. The van der Waals surface area contributed by atoms with Gasteiger partial charge < -0.3 is 25.7 Å². The molecule has 0 aliphatic carbocycles. The zero-order chi connectivity index (χ0) is 13.7. The molecule has 0 bridgehead atoms. The molecule has 0 amide bonds. The summed E-state index contributed by atoms with van der Waals surface area (Å²) in [6.45, 7) is 0.157. The second-order valence-corrected chi connectivity index (χ2v) is 4.03. The van der Waals surface area contributed by atoms with Gasteiger partial charge in [0.05, 0.1) is 12.5 Å². The van der Waals surface area contributed by atoms with E-state index in [9.17, 15) is 20.1 Å². The molecule has 1 aromatic carbocycles. The van der Waals surface area contributed by atoms with Gasteiger partial charge in [-0.2, -0.15) is 0 Å². The van der Waals surface area contributed by atoms with Gasteiger partial charge in [-0.05, 0) is 24.7 Å². The van der Waals surface area contributed by atoms with E-state index in [0.29, 0.717) is 5.56 Å². The van der Waals surface area contributed by atoms with Crippen molar-refractivity contribution in [2.24, 2.45) is 0 Å². The predicted molar refractivity (Wildman–Crippen MR) is 64.3 cm³/mol. The average Bonchev–Trinajstić information content (AvgIpc) is 2.30. The minimum atomic E-state index is -1.27. The van der Waals surface area contributed by atoms with Crippen molar-refractivity contribution in [2.45, 2.75) is 18.6 Å². The number of carbonyl (C=O) groups is 1. The average molecular weight is 255 g/mol. The maximum atomic E-state index is 10.6. The normalized spacial score (nSPS) is 14.2. The quantitative estimate of drug-likeness (QED) is 0.474. The summed E-state index contributed by atoms with van der Waals surface area (Å²) in [5.74, 6) is -1.18. The number of carboxylic acids is 1. The Kier molecular flexibility index (Phi) is 5.08. The van der Waals surface area contributed by atoms with Crippen LogP contribution in [0.2, 0.25) is 0 Å². The second-order valence-electron chi connectivity index (χ2n) is 4.03. The summed E-state index contributed by atoms with van der Waals surface area (Å²) in [7, 11) is 1.62. The van der Waals surface area contributed by atoms with E-state index in [0.717, 1.165) is 0 Å². The summed E-state index contributed by atoms with van der Waals surface area (Å²) in [6, 6.07) is 4.15. The van der Waals surface area contributed by atoms with Crippen LogP contribution in [0.4, 0.5) is 0 Å². The smallest absolute Gasteiger partial charge is 0.307 e. The first-order chi connectivity index (χ1) is 8.45. The molecule has 5 N–H and O–H groups in total. The van der Waals surface area contributed by atoms with E-state index < -0.39 is 18.2 Å². The SMILES string of the molecule is CNCC(O)C(O)c1cc(CC(=O)O)ccc1O. The third-order valence-electron chi connectivity index (χ3n) is 2.54. The molecule has 0 heterocycles. The van der Waals surface area contributed by atoms with Crippen molar-refractivity contribution < 1.29 is 25.2 Å². The molecular weight excluding hydrogens is 238 g/mol. The fourth-order valence-corrected chi connectivity index (χ4v) is 1.65. The Bertz CT molecular complexity index is 421. The number of aliphatic hydroxyl groups is 2. The lowest BCUT2D eigenvalue weighted by Gasteiger charge is -2.19. The van der Waals surface area contributed by atoms with Crippen LogP contribution in [0.15, 0.2) is 18.2 Å². The number of hydrogen-bond acceptors (Lipinski definition) is 5. The van der Waals surface area contributed by atoms with Crippen LogP contribution in [0, 0.1) is 0 Å². The maximum Gasteiger partial charge on any atom is 0.307 e. The van der Waals surface area contributed by atoms with E-state index in [1.165, 1.54) is 18.2 Å². The Hall–Kier alpha value is -1.63. The lowest BCUT2D eigenvalue weighted by atomic mass is 9.99. The molecule has 0 spiro atoms. The van der Waals surface area contributed by atoms with Gasteiger partial charge in [0.2, 0.25) is 0 Å². The minimum Gasteiger partial charge on any atom is -0.508 e. The number of hydrogen-bond donors (Lipinski definition) is 5. The van der Waals surface area contributed by atoms with Crippen molar-refractivity contribution in [3.8, 4) is 5.75 Å². The van der Waals surface area contributed by atoms with Crippen molar-refractivity contribution in [3.05, 3.63) is 29.3 Å². The number of benzene rings is 1. The zero-order valence-corrected chi connectivity index (χ0v) is 10.00. The Morgan fingerprint density at radius 3 is 2.61 bits per heavy atom. The number of phenols is 1. The maximum absolute atomic E-state index is 10.6. The van der Waals surface area contributed by atoms with Gasteiger partial charge in [0.25, 0.3) is 0 Å². The number of aliphatic carboxylic acids is 1. The van der Waals surface area contributed by atoms with Crippen LogP contribution in [-0.2, 0) is 11.2 Å². The summed E-state index contributed by atoms with van der Waals surface area (Å²) in [6.07, 6.45) is -2.56. The van der Waals surface area contributed by atoms with Crippen molar-refractivity contribution >= 4 is 5.97 Å². The fraction of sp³-hybridized carbons (Fsp3) is 0.417. The van der Waals surface area contributed by atoms with Crippen LogP contribution in [-0.4, -0.2) is 46.1 Å². The van der Waals surface area contributed by atoms with E-state index in [1.54, 1.807) is 7.05 Å². The molecule has 18 heavy (non-hydrogen) atoms. The molecule has 2 unspecified atom stereocenters. The Morgan fingerprint density at radius 1 is 1.39 bits per heavy atom. The highest BCUT2D eigenvalue weighted by molar-refractivity contribution is 5.70. The van der Waals surface area contributed by atoms with Gasteiger partial charge in [0, 0.05) is 12.1 Å². The van der Waals surface area contributed by atoms with Crippen molar-refractivity contribution in [3.63, 3.8) is 0 Å². The minimum absolute atomic E-state index is 0.122. The van der Waals surface area contributed by atoms with Crippen LogP contribution in [0.1, 0.15) is 17.2 Å². The van der Waals surface area contributed by atoms with Gasteiger partial charge in [0.15, 0.2) is 0 Å². The van der Waals surface area contributed by atoms with E-state index >= 15 is 0 Å². The lowest BCUT2D eigenvalue weighted by molar-refractivity contribution is -0.136. The molecule has 0 aromatic heterocycles. The van der Waals surface area contributed by atoms with Gasteiger partial charge in [0.1, 0.15) is 11.9 Å². The molecule has 0 fully saturated rings. The summed E-state index contributed by atoms with van der Waals surface area (Å²) in [5, 5.41) is 40.5. The largest absolute Gasteiger partial charge is 0.508 e. The number of likely N-dealkylation sites (N-methyl/N-ethyl adjacent to an activating group) is 1. The molecule has 0 radical (unpaired) electrons. The van der Waals surface area contributed by atoms with Gasteiger partial charge in [-0.1, -0.05) is 6.07 Å². The molecule has 0 aliphatic heterocycles. The van der Waals surface area contributed by atoms with Crippen LogP contribution in [0.3, 0.4) is 0 Å². The van der Waals surface area contributed by atoms with Crippen LogP contribution < -0.4 is 5.32 Å². The van der Waals surface area contributed by atoms with Crippen LogP contribution in [0.25, 0.3) is 0 Å². The lowest BCUT2D eigenvalue weighted by Crippen LogP contribution is -2.29. The number of carboxylic acid groups (broad SMARTS) is 1. The fourth-order valence-electron chi connectivity index (χ4n) is 1.65. The third kappa shape index (κ3) is 3.69. The predicted octanol–water partition coefficient (Wildman–Crippen LogP) is -0.367. The highest BCUT2D eigenvalue weighted by atomic mass is 16.4. The number of aliphatic hydroxyl groups excluding tert-OH is 2. The van der Waals surface area contributed by atoms with E-state index in [1.807, 2.05) is 0 Å². The standard InChI is InChI=1S/C12H17NO5/c1-13-6-10(15)12(18)8-4-7(5-11(16)17)2-3-9(8)14/h2-4,10,12-15,18H,5-6H2,1H3,(H,16,17). The van der Waals surface area contributed by atoms with Gasteiger partial charge in [-0.3, -0.25) is 4.79 Å². The molecule has 0 saturated heterocycles. The molecule has 2 atom stereocenters. The monoisotopic (exact) mass is 255 g/mol. The Morgan fingerprint density at radius 2 is 2.06 bits per heavy atom. The topological polar surface area (TPSA) is 110 Å². The Labute approximate surface area is 105 Å². The third-order valence-corrected chi connectivity index (χ3v) is 2.54. The molecule has 100 valence electrons.